The second-order valence-electron chi connectivity index (χ2n) is 4.74. The molecule has 2 N–H and O–H groups in total. The summed E-state index contributed by atoms with van der Waals surface area (Å²) in [5.74, 6) is 0. The number of nitro groups is 1. The van der Waals surface area contributed by atoms with Crippen molar-refractivity contribution in [2.75, 3.05) is 13.1 Å². The predicted octanol–water partition coefficient (Wildman–Crippen LogP) is 1.16. The van der Waals surface area contributed by atoms with Crippen LogP contribution >= 0.6 is 0 Å². The van der Waals surface area contributed by atoms with Crippen LogP contribution in [0.1, 0.15) is 18.9 Å². The molecule has 2 heterocycles. The number of fused-ring (bicyclic) bond motifs is 1. The van der Waals surface area contributed by atoms with E-state index in [0.717, 1.165) is 25.9 Å². The Hall–Kier alpha value is -2.15. The van der Waals surface area contributed by atoms with Crippen LogP contribution in [0.5, 0.6) is 0 Å². The zero-order valence-corrected chi connectivity index (χ0v) is 10.3. The van der Waals surface area contributed by atoms with Crippen LogP contribution in [0.2, 0.25) is 0 Å². The Morgan fingerprint density at radius 1 is 1.32 bits per heavy atom. The first kappa shape index (κ1) is 11.9. The van der Waals surface area contributed by atoms with Gasteiger partial charge >= 0.3 is 5.69 Å². The number of piperidine rings is 1. The maximum atomic E-state index is 12.0. The van der Waals surface area contributed by atoms with Gasteiger partial charge in [-0.25, -0.2) is 4.79 Å². The number of benzene rings is 1. The van der Waals surface area contributed by atoms with Crippen LogP contribution in [0, 0.1) is 10.1 Å². The fourth-order valence-electron chi connectivity index (χ4n) is 2.65. The van der Waals surface area contributed by atoms with E-state index in [0.29, 0.717) is 11.0 Å². The number of nitro benzene ring substituents is 1. The molecule has 2 aromatic rings. The number of nitrogens with one attached hydrogen (secondary N) is 2. The number of rotatable bonds is 2. The highest BCUT2D eigenvalue weighted by Gasteiger charge is 2.20. The molecule has 0 amide bonds. The molecule has 0 radical (unpaired) electrons. The van der Waals surface area contributed by atoms with Crippen molar-refractivity contribution in [2.24, 2.45) is 0 Å². The molecule has 7 heteroatoms. The van der Waals surface area contributed by atoms with Gasteiger partial charge in [-0.1, -0.05) is 0 Å². The van der Waals surface area contributed by atoms with Crippen molar-refractivity contribution in [3.05, 3.63) is 38.8 Å². The topological polar surface area (TPSA) is 93.0 Å². The second kappa shape index (κ2) is 4.51. The highest BCUT2D eigenvalue weighted by Crippen LogP contribution is 2.24. The summed E-state index contributed by atoms with van der Waals surface area (Å²) in [6.07, 6.45) is 1.71. The van der Waals surface area contributed by atoms with Gasteiger partial charge in [0.2, 0.25) is 0 Å². The first-order chi connectivity index (χ1) is 9.16. The van der Waals surface area contributed by atoms with E-state index in [1.807, 2.05) is 0 Å². The van der Waals surface area contributed by atoms with E-state index in [1.165, 1.54) is 12.1 Å². The lowest BCUT2D eigenvalue weighted by Gasteiger charge is -2.23. The molecule has 1 aliphatic heterocycles. The number of aromatic nitrogens is 2. The Bertz CT molecular complexity index is 682. The average Bonchev–Trinajstić information content (AvgIpc) is 2.74. The van der Waals surface area contributed by atoms with Gasteiger partial charge < -0.3 is 10.3 Å². The summed E-state index contributed by atoms with van der Waals surface area (Å²) in [6.45, 7) is 1.72. The summed E-state index contributed by atoms with van der Waals surface area (Å²) in [6, 6.07) is 4.57. The van der Waals surface area contributed by atoms with Gasteiger partial charge in [0.15, 0.2) is 0 Å². The fraction of sp³-hybridized carbons (Fsp3) is 0.417. The average molecular weight is 262 g/mol. The molecule has 0 aliphatic carbocycles. The molecule has 0 bridgehead atoms. The van der Waals surface area contributed by atoms with Crippen molar-refractivity contribution < 1.29 is 4.92 Å². The molecule has 1 aliphatic rings. The Morgan fingerprint density at radius 3 is 2.74 bits per heavy atom. The largest absolute Gasteiger partial charge is 0.326 e. The van der Waals surface area contributed by atoms with Gasteiger partial charge in [-0.05, 0) is 32.0 Å². The highest BCUT2D eigenvalue weighted by molar-refractivity contribution is 5.78. The van der Waals surface area contributed by atoms with E-state index in [2.05, 4.69) is 10.3 Å². The van der Waals surface area contributed by atoms with Gasteiger partial charge in [0.05, 0.1) is 16.0 Å². The summed E-state index contributed by atoms with van der Waals surface area (Å²) in [7, 11) is 0. The van der Waals surface area contributed by atoms with Crippen LogP contribution in [-0.2, 0) is 0 Å². The van der Waals surface area contributed by atoms with Crippen molar-refractivity contribution in [1.29, 1.82) is 0 Å². The van der Waals surface area contributed by atoms with Crippen molar-refractivity contribution in [2.45, 2.75) is 18.9 Å². The Balaban J connectivity index is 2.16. The SMILES string of the molecule is O=c1[nH]c2ccc([N+](=O)[O-])cc2n1C1CCNCC1. The van der Waals surface area contributed by atoms with Gasteiger partial charge in [0, 0.05) is 18.2 Å². The second-order valence-corrected chi connectivity index (χ2v) is 4.74. The molecule has 1 fully saturated rings. The van der Waals surface area contributed by atoms with E-state index in [1.54, 1.807) is 10.6 Å². The number of non-ortho nitro benzene ring substituents is 1. The normalized spacial score (nSPS) is 16.8. The summed E-state index contributed by atoms with van der Waals surface area (Å²) in [4.78, 5) is 25.2. The van der Waals surface area contributed by atoms with Gasteiger partial charge in [-0.3, -0.25) is 14.7 Å². The van der Waals surface area contributed by atoms with Gasteiger partial charge in [0.25, 0.3) is 5.69 Å². The Morgan fingerprint density at radius 2 is 2.05 bits per heavy atom. The summed E-state index contributed by atoms with van der Waals surface area (Å²) >= 11 is 0. The zero-order valence-electron chi connectivity index (χ0n) is 10.3. The number of aromatic amines is 1. The fourth-order valence-corrected chi connectivity index (χ4v) is 2.65. The lowest BCUT2D eigenvalue weighted by Crippen LogP contribution is -2.33. The third-order valence-electron chi connectivity index (χ3n) is 3.59. The molecule has 19 heavy (non-hydrogen) atoms. The van der Waals surface area contributed by atoms with E-state index in [-0.39, 0.29) is 17.4 Å². The van der Waals surface area contributed by atoms with Crippen LogP contribution in [0.15, 0.2) is 23.0 Å². The molecule has 0 spiro atoms. The van der Waals surface area contributed by atoms with Gasteiger partial charge in [-0.2, -0.15) is 0 Å². The Labute approximate surface area is 108 Å². The maximum absolute atomic E-state index is 12.0. The zero-order chi connectivity index (χ0) is 13.4. The lowest BCUT2D eigenvalue weighted by molar-refractivity contribution is -0.384. The van der Waals surface area contributed by atoms with Crippen LogP contribution in [-0.4, -0.2) is 27.6 Å². The monoisotopic (exact) mass is 262 g/mol. The Kier molecular flexibility index (Phi) is 2.83. The highest BCUT2D eigenvalue weighted by atomic mass is 16.6. The van der Waals surface area contributed by atoms with Crippen LogP contribution in [0.4, 0.5) is 5.69 Å². The molecule has 7 nitrogen and oxygen atoms in total. The number of H-pyrrole nitrogens is 1. The molecular weight excluding hydrogens is 248 g/mol. The molecule has 1 saturated heterocycles. The number of hydrogen-bond acceptors (Lipinski definition) is 4. The lowest BCUT2D eigenvalue weighted by atomic mass is 10.1. The first-order valence-corrected chi connectivity index (χ1v) is 6.26. The van der Waals surface area contributed by atoms with Crippen LogP contribution in [0.3, 0.4) is 0 Å². The van der Waals surface area contributed by atoms with Crippen LogP contribution < -0.4 is 11.0 Å². The summed E-state index contributed by atoms with van der Waals surface area (Å²) in [5, 5.41) is 14.1. The minimum atomic E-state index is -0.441. The minimum Gasteiger partial charge on any atom is -0.317 e. The van der Waals surface area contributed by atoms with E-state index in [9.17, 15) is 14.9 Å². The molecule has 1 aromatic heterocycles. The molecular formula is C12H14N4O3. The smallest absolute Gasteiger partial charge is 0.317 e. The first-order valence-electron chi connectivity index (χ1n) is 6.26. The molecule has 0 saturated carbocycles. The minimum absolute atomic E-state index is 0.00850. The number of hydrogen-bond donors (Lipinski definition) is 2. The molecule has 100 valence electrons. The molecule has 3 rings (SSSR count). The molecule has 0 unspecified atom stereocenters. The number of imidazole rings is 1. The van der Waals surface area contributed by atoms with Gasteiger partial charge in [0.1, 0.15) is 0 Å². The van der Waals surface area contributed by atoms with Crippen molar-refractivity contribution >= 4 is 16.7 Å². The van der Waals surface area contributed by atoms with E-state index < -0.39 is 4.92 Å². The summed E-state index contributed by atoms with van der Waals surface area (Å²) < 4.78 is 1.66. The van der Waals surface area contributed by atoms with Crippen molar-refractivity contribution in [3.63, 3.8) is 0 Å². The molecule has 0 atom stereocenters. The van der Waals surface area contributed by atoms with Crippen LogP contribution in [0.25, 0.3) is 11.0 Å². The number of nitrogens with zero attached hydrogens (tertiary/aromatic N) is 2. The standard InChI is InChI=1S/C12H14N4O3/c17-12-14-10-2-1-9(16(18)19)7-11(10)15(12)8-3-5-13-6-4-8/h1-2,7-8,13H,3-6H2,(H,14,17). The van der Waals surface area contributed by atoms with Gasteiger partial charge in [-0.15, -0.1) is 0 Å². The molecule has 1 aromatic carbocycles. The predicted molar refractivity (Wildman–Crippen MR) is 70.4 cm³/mol. The van der Waals surface area contributed by atoms with Crippen molar-refractivity contribution in [1.82, 2.24) is 14.9 Å². The third-order valence-corrected chi connectivity index (χ3v) is 3.59. The summed E-state index contributed by atoms with van der Waals surface area (Å²) in [5.41, 5.74) is 1.08. The van der Waals surface area contributed by atoms with E-state index in [4.69, 9.17) is 0 Å². The maximum Gasteiger partial charge on any atom is 0.326 e. The van der Waals surface area contributed by atoms with Crippen molar-refractivity contribution in [3.8, 4) is 0 Å². The quantitative estimate of drug-likeness (QED) is 0.627. The van der Waals surface area contributed by atoms with E-state index >= 15 is 0 Å². The third kappa shape index (κ3) is 2.01.